The lowest BCUT2D eigenvalue weighted by Gasteiger charge is -2.16. The van der Waals surface area contributed by atoms with Crippen molar-refractivity contribution in [1.82, 2.24) is 20.4 Å². The van der Waals surface area contributed by atoms with E-state index in [1.165, 1.54) is 6.07 Å². The first-order valence-electron chi connectivity index (χ1n) is 10.3. The van der Waals surface area contributed by atoms with Crippen molar-refractivity contribution in [2.75, 3.05) is 13.2 Å². The average molecular weight is 444 g/mol. The zero-order valence-electron chi connectivity index (χ0n) is 17.3. The monoisotopic (exact) mass is 444 g/mol. The first-order valence-corrected chi connectivity index (χ1v) is 10.3. The van der Waals surface area contributed by atoms with Crippen LogP contribution in [0.3, 0.4) is 0 Å². The maximum absolute atomic E-state index is 12.9. The quantitative estimate of drug-likeness (QED) is 0.585. The molecule has 0 atom stereocenters. The molecule has 0 fully saturated rings. The molecule has 3 aromatic rings. The summed E-state index contributed by atoms with van der Waals surface area (Å²) in [5.74, 6) is 0.347. The van der Waals surface area contributed by atoms with Gasteiger partial charge in [-0.3, -0.25) is 9.48 Å². The smallest absolute Gasteiger partial charge is 0.416 e. The number of aromatic nitrogens is 2. The van der Waals surface area contributed by atoms with E-state index in [0.29, 0.717) is 31.0 Å². The van der Waals surface area contributed by atoms with Gasteiger partial charge in [0.05, 0.1) is 12.1 Å². The van der Waals surface area contributed by atoms with Crippen LogP contribution < -0.4 is 15.4 Å². The molecule has 6 nitrogen and oxygen atoms in total. The Morgan fingerprint density at radius 2 is 1.97 bits per heavy atom. The Bertz CT molecular complexity index is 1080. The van der Waals surface area contributed by atoms with E-state index in [4.69, 9.17) is 4.74 Å². The van der Waals surface area contributed by atoms with Crippen LogP contribution in [0.1, 0.15) is 32.9 Å². The number of hydrogen-bond donors (Lipinski definition) is 2. The Morgan fingerprint density at radius 1 is 1.16 bits per heavy atom. The number of nitrogens with zero attached hydrogens (tertiary/aromatic N) is 2. The molecule has 0 spiro atoms. The van der Waals surface area contributed by atoms with Crippen LogP contribution >= 0.6 is 0 Å². The van der Waals surface area contributed by atoms with Crippen LogP contribution in [0.5, 0.6) is 5.75 Å². The molecule has 2 aromatic carbocycles. The van der Waals surface area contributed by atoms with E-state index in [1.807, 2.05) is 30.3 Å². The molecule has 1 aromatic heterocycles. The Hall–Kier alpha value is -3.33. The van der Waals surface area contributed by atoms with E-state index in [0.717, 1.165) is 42.1 Å². The van der Waals surface area contributed by atoms with Gasteiger partial charge >= 0.3 is 6.18 Å². The molecule has 4 rings (SSSR count). The molecule has 1 aliphatic rings. The lowest BCUT2D eigenvalue weighted by Crippen LogP contribution is -2.28. The van der Waals surface area contributed by atoms with Gasteiger partial charge in [0.25, 0.3) is 5.91 Å². The van der Waals surface area contributed by atoms with Crippen molar-refractivity contribution in [2.45, 2.75) is 32.2 Å². The summed E-state index contributed by atoms with van der Waals surface area (Å²) in [5.41, 5.74) is 1.71. The third-order valence-corrected chi connectivity index (χ3v) is 5.24. The first kappa shape index (κ1) is 21.9. The fraction of sp³-hybridized carbons (Fsp3) is 0.304. The Labute approximate surface area is 183 Å². The number of carbonyl (C=O) groups is 1. The van der Waals surface area contributed by atoms with E-state index >= 15 is 0 Å². The van der Waals surface area contributed by atoms with Crippen molar-refractivity contribution in [1.29, 1.82) is 0 Å². The molecule has 2 heterocycles. The number of halogens is 3. The van der Waals surface area contributed by atoms with Crippen LogP contribution in [0.4, 0.5) is 13.2 Å². The van der Waals surface area contributed by atoms with Gasteiger partial charge in [-0.05, 0) is 29.8 Å². The van der Waals surface area contributed by atoms with Crippen molar-refractivity contribution >= 4 is 5.91 Å². The highest BCUT2D eigenvalue weighted by molar-refractivity contribution is 5.94. The second-order valence-corrected chi connectivity index (χ2v) is 7.47. The molecular formula is C23H23F3N4O2. The molecule has 0 saturated carbocycles. The van der Waals surface area contributed by atoms with Crippen molar-refractivity contribution in [3.05, 3.63) is 82.7 Å². The fourth-order valence-corrected chi connectivity index (χ4v) is 3.68. The normalized spacial score (nSPS) is 13.5. The van der Waals surface area contributed by atoms with Crippen molar-refractivity contribution in [3.63, 3.8) is 0 Å². The van der Waals surface area contributed by atoms with Crippen molar-refractivity contribution in [3.8, 4) is 5.75 Å². The number of alkyl halides is 3. The predicted octanol–water partition coefficient (Wildman–Crippen LogP) is 3.56. The maximum atomic E-state index is 12.9. The van der Waals surface area contributed by atoms with E-state index in [2.05, 4.69) is 15.7 Å². The summed E-state index contributed by atoms with van der Waals surface area (Å²) >= 11 is 0. The number of rotatable bonds is 7. The molecule has 2 N–H and O–H groups in total. The van der Waals surface area contributed by atoms with Gasteiger partial charge in [-0.1, -0.05) is 30.3 Å². The van der Waals surface area contributed by atoms with E-state index in [-0.39, 0.29) is 6.54 Å². The molecule has 32 heavy (non-hydrogen) atoms. The molecule has 0 bridgehead atoms. The topological polar surface area (TPSA) is 68.2 Å². The van der Waals surface area contributed by atoms with Gasteiger partial charge in [0.2, 0.25) is 0 Å². The second kappa shape index (κ2) is 9.44. The SMILES string of the molecule is O=C(NCc1cccc(C(F)(F)F)c1)c1nn(CCOc2ccccc2)c2c1CNCC2. The second-order valence-electron chi connectivity index (χ2n) is 7.47. The molecular weight excluding hydrogens is 421 g/mol. The Morgan fingerprint density at radius 3 is 2.75 bits per heavy atom. The van der Waals surface area contributed by atoms with E-state index in [9.17, 15) is 18.0 Å². The summed E-state index contributed by atoms with van der Waals surface area (Å²) in [6.07, 6.45) is -3.69. The van der Waals surface area contributed by atoms with E-state index < -0.39 is 17.6 Å². The number of benzene rings is 2. The molecule has 1 aliphatic heterocycles. The van der Waals surface area contributed by atoms with Crippen molar-refractivity contribution < 1.29 is 22.7 Å². The van der Waals surface area contributed by atoms with Crippen LogP contribution in [0.25, 0.3) is 0 Å². The minimum Gasteiger partial charge on any atom is -0.492 e. The summed E-state index contributed by atoms with van der Waals surface area (Å²) in [6.45, 7) is 2.16. The molecule has 168 valence electrons. The molecule has 0 unspecified atom stereocenters. The number of para-hydroxylation sites is 1. The number of hydrogen-bond acceptors (Lipinski definition) is 4. The van der Waals surface area contributed by atoms with Crippen LogP contribution in [-0.2, 0) is 32.2 Å². The largest absolute Gasteiger partial charge is 0.492 e. The summed E-state index contributed by atoms with van der Waals surface area (Å²) in [5, 5.41) is 10.4. The molecule has 0 saturated heterocycles. The van der Waals surface area contributed by atoms with Crippen molar-refractivity contribution in [2.24, 2.45) is 0 Å². The van der Waals surface area contributed by atoms with Gasteiger partial charge < -0.3 is 15.4 Å². The highest BCUT2D eigenvalue weighted by atomic mass is 19.4. The minimum atomic E-state index is -4.43. The fourth-order valence-electron chi connectivity index (χ4n) is 3.68. The minimum absolute atomic E-state index is 0.0189. The average Bonchev–Trinajstić information content (AvgIpc) is 3.17. The van der Waals surface area contributed by atoms with Gasteiger partial charge in [0.1, 0.15) is 12.4 Å². The molecule has 1 amide bonds. The third kappa shape index (κ3) is 5.11. The van der Waals surface area contributed by atoms with E-state index in [1.54, 1.807) is 10.7 Å². The summed E-state index contributed by atoms with van der Waals surface area (Å²) in [4.78, 5) is 12.8. The lowest BCUT2D eigenvalue weighted by atomic mass is 10.1. The maximum Gasteiger partial charge on any atom is 0.416 e. The Balaban J connectivity index is 1.44. The van der Waals surface area contributed by atoms with Crippen LogP contribution in [-0.4, -0.2) is 28.8 Å². The molecule has 9 heteroatoms. The zero-order valence-corrected chi connectivity index (χ0v) is 17.3. The number of carbonyl (C=O) groups excluding carboxylic acids is 1. The summed E-state index contributed by atoms with van der Waals surface area (Å²) < 4.78 is 46.3. The first-order chi connectivity index (χ1) is 15.4. The van der Waals surface area contributed by atoms with Crippen LogP contribution in [0.15, 0.2) is 54.6 Å². The zero-order chi connectivity index (χ0) is 22.6. The Kier molecular flexibility index (Phi) is 6.45. The highest BCUT2D eigenvalue weighted by Crippen LogP contribution is 2.29. The number of ether oxygens (including phenoxy) is 1. The number of amides is 1. The summed E-state index contributed by atoms with van der Waals surface area (Å²) in [6, 6.07) is 14.4. The van der Waals surface area contributed by atoms with Gasteiger partial charge in [-0.2, -0.15) is 18.3 Å². The standard InChI is InChI=1S/C23H23F3N4O2/c24-23(25,26)17-6-4-5-16(13-17)14-28-22(31)21-19-15-27-10-9-20(19)30(29-21)11-12-32-18-7-2-1-3-8-18/h1-8,13,27H,9-12,14-15H2,(H,28,31). The van der Waals surface area contributed by atoms with Gasteiger partial charge in [-0.25, -0.2) is 0 Å². The van der Waals surface area contributed by atoms with Gasteiger partial charge in [0, 0.05) is 37.3 Å². The molecule has 0 aliphatic carbocycles. The number of fused-ring (bicyclic) bond motifs is 1. The third-order valence-electron chi connectivity index (χ3n) is 5.24. The lowest BCUT2D eigenvalue weighted by molar-refractivity contribution is -0.137. The highest BCUT2D eigenvalue weighted by Gasteiger charge is 2.30. The molecule has 0 radical (unpaired) electrons. The van der Waals surface area contributed by atoms with Crippen LogP contribution in [0, 0.1) is 0 Å². The van der Waals surface area contributed by atoms with Gasteiger partial charge in [0.15, 0.2) is 5.69 Å². The predicted molar refractivity (Wildman–Crippen MR) is 112 cm³/mol. The van der Waals surface area contributed by atoms with Crippen LogP contribution in [0.2, 0.25) is 0 Å². The summed E-state index contributed by atoms with van der Waals surface area (Å²) in [7, 11) is 0. The van der Waals surface area contributed by atoms with Gasteiger partial charge in [-0.15, -0.1) is 0 Å². The number of nitrogens with one attached hydrogen (secondary N) is 2.